The van der Waals surface area contributed by atoms with Crippen molar-refractivity contribution in [2.24, 2.45) is 0 Å². The van der Waals surface area contributed by atoms with Crippen molar-refractivity contribution in [2.45, 2.75) is 19.4 Å². The second-order valence-electron chi connectivity index (χ2n) is 3.76. The van der Waals surface area contributed by atoms with Gasteiger partial charge in [0.1, 0.15) is 0 Å². The third-order valence-electron chi connectivity index (χ3n) is 2.67. The maximum atomic E-state index is 12.1. The Hall–Kier alpha value is -0.390. The highest BCUT2D eigenvalue weighted by Gasteiger charge is 2.24. The Morgan fingerprint density at radius 3 is 3.12 bits per heavy atom. The van der Waals surface area contributed by atoms with E-state index < -0.39 is 0 Å². The van der Waals surface area contributed by atoms with Crippen molar-refractivity contribution in [3.8, 4) is 0 Å². The Morgan fingerprint density at radius 2 is 2.50 bits per heavy atom. The summed E-state index contributed by atoms with van der Waals surface area (Å²) in [5, 5.41) is 0. The highest BCUT2D eigenvalue weighted by molar-refractivity contribution is 9.11. The lowest BCUT2D eigenvalue weighted by atomic mass is 10.2. The fraction of sp³-hybridized carbons (Fsp3) is 0.545. The number of amides is 1. The summed E-state index contributed by atoms with van der Waals surface area (Å²) in [4.78, 5) is 14.8. The SMILES string of the molecule is CCC1CN(C(=O)c2ccc(Br)s2)CCO1. The highest BCUT2D eigenvalue weighted by atomic mass is 79.9. The quantitative estimate of drug-likeness (QED) is 0.841. The number of ether oxygens (including phenoxy) is 1. The molecule has 5 heteroatoms. The van der Waals surface area contributed by atoms with Crippen LogP contribution in [0.5, 0.6) is 0 Å². The van der Waals surface area contributed by atoms with Gasteiger partial charge in [-0.15, -0.1) is 11.3 Å². The number of nitrogens with zero attached hydrogens (tertiary/aromatic N) is 1. The molecule has 1 fully saturated rings. The number of halogens is 1. The molecule has 2 rings (SSSR count). The topological polar surface area (TPSA) is 29.5 Å². The minimum atomic E-state index is 0.123. The number of rotatable bonds is 2. The van der Waals surface area contributed by atoms with Crippen molar-refractivity contribution < 1.29 is 9.53 Å². The second kappa shape index (κ2) is 5.29. The van der Waals surface area contributed by atoms with Crippen LogP contribution in [0.4, 0.5) is 0 Å². The molecule has 0 N–H and O–H groups in total. The van der Waals surface area contributed by atoms with Gasteiger partial charge in [0.05, 0.1) is 21.4 Å². The van der Waals surface area contributed by atoms with E-state index in [9.17, 15) is 4.79 Å². The largest absolute Gasteiger partial charge is 0.375 e. The Morgan fingerprint density at radius 1 is 1.69 bits per heavy atom. The minimum absolute atomic E-state index is 0.123. The molecule has 16 heavy (non-hydrogen) atoms. The van der Waals surface area contributed by atoms with Gasteiger partial charge in [0.15, 0.2) is 0 Å². The van der Waals surface area contributed by atoms with Crippen LogP contribution in [0, 0.1) is 0 Å². The lowest BCUT2D eigenvalue weighted by molar-refractivity contribution is -0.0224. The van der Waals surface area contributed by atoms with Crippen molar-refractivity contribution in [3.05, 3.63) is 20.8 Å². The molecule has 0 bridgehead atoms. The van der Waals surface area contributed by atoms with Crippen molar-refractivity contribution in [2.75, 3.05) is 19.7 Å². The summed E-state index contributed by atoms with van der Waals surface area (Å²) in [5.74, 6) is 0.123. The molecule has 88 valence electrons. The average Bonchev–Trinajstić information content (AvgIpc) is 2.75. The number of hydrogen-bond acceptors (Lipinski definition) is 3. The van der Waals surface area contributed by atoms with Gasteiger partial charge >= 0.3 is 0 Å². The molecule has 1 atom stereocenters. The maximum Gasteiger partial charge on any atom is 0.264 e. The van der Waals surface area contributed by atoms with E-state index in [-0.39, 0.29) is 12.0 Å². The predicted octanol–water partition coefficient (Wildman–Crippen LogP) is 2.76. The molecule has 0 spiro atoms. The predicted molar refractivity (Wildman–Crippen MR) is 68.0 cm³/mol. The fourth-order valence-corrected chi connectivity index (χ4v) is 3.09. The first-order valence-electron chi connectivity index (χ1n) is 5.37. The van der Waals surface area contributed by atoms with E-state index in [4.69, 9.17) is 4.74 Å². The Labute approximate surface area is 108 Å². The van der Waals surface area contributed by atoms with Crippen LogP contribution in [0.1, 0.15) is 23.0 Å². The normalized spacial score (nSPS) is 21.1. The number of carbonyl (C=O) groups is 1. The van der Waals surface area contributed by atoms with Crippen molar-refractivity contribution in [1.82, 2.24) is 4.90 Å². The fourth-order valence-electron chi connectivity index (χ4n) is 1.74. The maximum absolute atomic E-state index is 12.1. The second-order valence-corrected chi connectivity index (χ2v) is 6.22. The molecule has 3 nitrogen and oxygen atoms in total. The minimum Gasteiger partial charge on any atom is -0.375 e. The van der Waals surface area contributed by atoms with Crippen LogP contribution in [0.25, 0.3) is 0 Å². The lowest BCUT2D eigenvalue weighted by Crippen LogP contribution is -2.45. The number of thiophene rings is 1. The standard InChI is InChI=1S/C11H14BrNO2S/c1-2-8-7-13(5-6-15-8)11(14)9-3-4-10(12)16-9/h3-4,8H,2,5-7H2,1H3. The highest BCUT2D eigenvalue weighted by Crippen LogP contribution is 2.24. The summed E-state index contributed by atoms with van der Waals surface area (Å²) in [7, 11) is 0. The van der Waals surface area contributed by atoms with Crippen molar-refractivity contribution in [1.29, 1.82) is 0 Å². The molecule has 0 radical (unpaired) electrons. The number of carbonyl (C=O) groups excluding carboxylic acids is 1. The molecule has 1 aromatic heterocycles. The Bertz CT molecular complexity index is 380. The summed E-state index contributed by atoms with van der Waals surface area (Å²) >= 11 is 4.86. The first-order chi connectivity index (χ1) is 7.70. The molecular weight excluding hydrogens is 290 g/mol. The molecule has 1 aliphatic rings. The van der Waals surface area contributed by atoms with Crippen LogP contribution in [0.3, 0.4) is 0 Å². The summed E-state index contributed by atoms with van der Waals surface area (Å²) < 4.78 is 6.55. The van der Waals surface area contributed by atoms with Gasteiger partial charge in [-0.2, -0.15) is 0 Å². The van der Waals surface area contributed by atoms with E-state index in [1.165, 1.54) is 11.3 Å². The van der Waals surface area contributed by atoms with Gasteiger partial charge in [-0.1, -0.05) is 6.92 Å². The van der Waals surface area contributed by atoms with Gasteiger partial charge in [-0.05, 0) is 34.5 Å². The summed E-state index contributed by atoms with van der Waals surface area (Å²) in [5.41, 5.74) is 0. The molecule has 2 heterocycles. The van der Waals surface area contributed by atoms with Crippen LogP contribution >= 0.6 is 27.3 Å². The van der Waals surface area contributed by atoms with E-state index in [0.717, 1.165) is 15.1 Å². The van der Waals surface area contributed by atoms with Crippen LogP contribution in [-0.4, -0.2) is 36.6 Å². The van der Waals surface area contributed by atoms with Gasteiger partial charge < -0.3 is 9.64 Å². The van der Waals surface area contributed by atoms with Gasteiger partial charge in [0, 0.05) is 13.1 Å². The summed E-state index contributed by atoms with van der Waals surface area (Å²) in [6, 6.07) is 3.78. The first kappa shape index (κ1) is 12.1. The van der Waals surface area contributed by atoms with E-state index in [1.807, 2.05) is 17.0 Å². The van der Waals surface area contributed by atoms with Crippen LogP contribution in [0.2, 0.25) is 0 Å². The van der Waals surface area contributed by atoms with E-state index in [2.05, 4.69) is 22.9 Å². The van der Waals surface area contributed by atoms with Gasteiger partial charge in [-0.25, -0.2) is 0 Å². The molecule has 0 aromatic carbocycles. The first-order valence-corrected chi connectivity index (χ1v) is 6.98. The van der Waals surface area contributed by atoms with E-state index >= 15 is 0 Å². The monoisotopic (exact) mass is 303 g/mol. The molecule has 1 saturated heterocycles. The van der Waals surface area contributed by atoms with E-state index in [1.54, 1.807) is 0 Å². The molecular formula is C11H14BrNO2S. The number of hydrogen-bond donors (Lipinski definition) is 0. The zero-order chi connectivity index (χ0) is 11.5. The third kappa shape index (κ3) is 2.64. The Balaban J connectivity index is 2.04. The van der Waals surface area contributed by atoms with Gasteiger partial charge in [0.25, 0.3) is 5.91 Å². The van der Waals surface area contributed by atoms with Crippen molar-refractivity contribution in [3.63, 3.8) is 0 Å². The lowest BCUT2D eigenvalue weighted by Gasteiger charge is -2.32. The molecule has 0 saturated carbocycles. The van der Waals surface area contributed by atoms with Crippen molar-refractivity contribution >= 4 is 33.2 Å². The molecule has 1 amide bonds. The molecule has 1 aliphatic heterocycles. The summed E-state index contributed by atoms with van der Waals surface area (Å²) in [6.45, 7) is 4.15. The van der Waals surface area contributed by atoms with Crippen LogP contribution < -0.4 is 0 Å². The van der Waals surface area contributed by atoms with Crippen LogP contribution in [0.15, 0.2) is 15.9 Å². The third-order valence-corrected chi connectivity index (χ3v) is 4.28. The zero-order valence-corrected chi connectivity index (χ0v) is 11.5. The zero-order valence-electron chi connectivity index (χ0n) is 9.11. The molecule has 0 aliphatic carbocycles. The Kier molecular flexibility index (Phi) is 4.00. The molecule has 1 aromatic rings. The number of morpholine rings is 1. The van der Waals surface area contributed by atoms with Gasteiger partial charge in [0.2, 0.25) is 0 Å². The van der Waals surface area contributed by atoms with Crippen LogP contribution in [-0.2, 0) is 4.74 Å². The summed E-state index contributed by atoms with van der Waals surface area (Å²) in [6.07, 6.45) is 1.15. The van der Waals surface area contributed by atoms with Gasteiger partial charge in [-0.3, -0.25) is 4.79 Å². The molecule has 1 unspecified atom stereocenters. The average molecular weight is 304 g/mol. The van der Waals surface area contributed by atoms with E-state index in [0.29, 0.717) is 19.7 Å². The smallest absolute Gasteiger partial charge is 0.264 e.